The molecule has 3 aromatic heterocycles. The number of ketones is 1. The maximum atomic E-state index is 14.4. The lowest BCUT2D eigenvalue weighted by Gasteiger charge is -2.27. The molecule has 1 N–H and O–H groups in total. The number of pyridine rings is 1. The van der Waals surface area contributed by atoms with Gasteiger partial charge >= 0.3 is 12.1 Å². The minimum Gasteiger partial charge on any atom is -0.465 e. The highest BCUT2D eigenvalue weighted by Crippen LogP contribution is 2.60. The van der Waals surface area contributed by atoms with E-state index in [1.165, 1.54) is 29.5 Å². The number of aryl methyl sites for hydroxylation is 3. The van der Waals surface area contributed by atoms with Crippen molar-refractivity contribution in [3.8, 4) is 11.1 Å². The molecule has 3 atom stereocenters. The van der Waals surface area contributed by atoms with Crippen LogP contribution in [0.4, 0.5) is 19.0 Å². The van der Waals surface area contributed by atoms with Crippen LogP contribution in [0, 0.1) is 19.3 Å². The number of esters is 1. The third-order valence-corrected chi connectivity index (χ3v) is 10.4. The Kier molecular flexibility index (Phi) is 9.07. The Morgan fingerprint density at radius 2 is 1.71 bits per heavy atom. The van der Waals surface area contributed by atoms with Gasteiger partial charge in [0.05, 0.1) is 12.1 Å². The Bertz CT molecular complexity index is 2100. The molecule has 2 fully saturated rings. The summed E-state index contributed by atoms with van der Waals surface area (Å²) < 4.78 is 47.7. The van der Waals surface area contributed by atoms with Gasteiger partial charge in [0, 0.05) is 48.1 Å². The lowest BCUT2D eigenvalue weighted by atomic mass is 9.96. The number of carbonyl (C=O) groups excluding carboxylic acids is 4. The summed E-state index contributed by atoms with van der Waals surface area (Å²) in [4.78, 5) is 67.8. The number of Topliss-reactive ketones (excluding diaryl/α,β-unsaturated/α-hetero) is 1. The normalized spacial score (nSPS) is 22.5. The fourth-order valence-electron chi connectivity index (χ4n) is 7.56. The van der Waals surface area contributed by atoms with Crippen LogP contribution in [-0.2, 0) is 38.3 Å². The van der Waals surface area contributed by atoms with Crippen molar-refractivity contribution in [2.24, 2.45) is 5.41 Å². The van der Waals surface area contributed by atoms with Crippen molar-refractivity contribution in [1.29, 1.82) is 0 Å². The third kappa shape index (κ3) is 6.75. The number of nitrogens with zero attached hydrogens (tertiary/aromatic N) is 6. The van der Waals surface area contributed by atoms with E-state index in [1.54, 1.807) is 19.3 Å². The highest BCUT2D eigenvalue weighted by Gasteiger charge is 2.68. The van der Waals surface area contributed by atoms with E-state index in [0.29, 0.717) is 41.6 Å². The van der Waals surface area contributed by atoms with Crippen molar-refractivity contribution in [2.75, 3.05) is 11.9 Å². The van der Waals surface area contributed by atoms with E-state index in [9.17, 15) is 32.3 Å². The fraction of sp³-hybridized carbons (Fsp3) is 0.459. The number of ether oxygens (including phenoxy) is 1. The first-order valence-electron chi connectivity index (χ1n) is 17.4. The minimum atomic E-state index is -4.72. The molecule has 12 nitrogen and oxygen atoms in total. The lowest BCUT2D eigenvalue weighted by molar-refractivity contribution is -0.145. The molecule has 52 heavy (non-hydrogen) atoms. The summed E-state index contributed by atoms with van der Waals surface area (Å²) in [5.74, 6) is -1.45. The monoisotopic (exact) mass is 717 g/mol. The van der Waals surface area contributed by atoms with Crippen molar-refractivity contribution in [3.63, 3.8) is 0 Å². The Hall–Kier alpha value is -5.21. The van der Waals surface area contributed by atoms with Gasteiger partial charge in [-0.3, -0.25) is 23.9 Å². The molecule has 1 saturated carbocycles. The summed E-state index contributed by atoms with van der Waals surface area (Å²) in [5.41, 5.74) is 1.72. The number of nitrogens with one attached hydrogen (secondary N) is 1. The zero-order valence-electron chi connectivity index (χ0n) is 29.0. The van der Waals surface area contributed by atoms with Crippen molar-refractivity contribution < 1.29 is 37.1 Å². The van der Waals surface area contributed by atoms with Crippen molar-refractivity contribution in [1.82, 2.24) is 29.6 Å². The Morgan fingerprint density at radius 3 is 2.42 bits per heavy atom. The number of anilines is 1. The summed E-state index contributed by atoms with van der Waals surface area (Å²) in [6.07, 6.45) is 3.22. The zero-order chi connectivity index (χ0) is 36.9. The van der Waals surface area contributed by atoms with E-state index in [0.717, 1.165) is 42.0 Å². The number of amides is 2. The van der Waals surface area contributed by atoms with Crippen LogP contribution in [-0.4, -0.2) is 71.9 Å². The van der Waals surface area contributed by atoms with Gasteiger partial charge in [0.15, 0.2) is 5.78 Å². The van der Waals surface area contributed by atoms with Crippen LogP contribution in [0.2, 0.25) is 0 Å². The van der Waals surface area contributed by atoms with Gasteiger partial charge in [-0.15, -0.1) is 0 Å². The fourth-order valence-corrected chi connectivity index (χ4v) is 7.56. The van der Waals surface area contributed by atoms with Crippen molar-refractivity contribution in [3.05, 3.63) is 65.0 Å². The molecule has 0 unspecified atom stereocenters. The third-order valence-electron chi connectivity index (χ3n) is 10.4. The van der Waals surface area contributed by atoms with Crippen molar-refractivity contribution >= 4 is 40.3 Å². The number of piperidine rings is 1. The number of halogens is 3. The van der Waals surface area contributed by atoms with Gasteiger partial charge in [-0.1, -0.05) is 18.9 Å². The molecule has 0 radical (unpaired) electrons. The second-order valence-corrected chi connectivity index (χ2v) is 14.1. The van der Waals surface area contributed by atoms with E-state index in [-0.39, 0.29) is 49.3 Å². The topological polar surface area (TPSA) is 149 Å². The van der Waals surface area contributed by atoms with E-state index < -0.39 is 41.2 Å². The van der Waals surface area contributed by atoms with Gasteiger partial charge < -0.3 is 15.0 Å². The average Bonchev–Trinajstić information content (AvgIpc) is 3.50. The quantitative estimate of drug-likeness (QED) is 0.205. The predicted molar refractivity (Wildman–Crippen MR) is 182 cm³/mol. The van der Waals surface area contributed by atoms with Crippen LogP contribution in [0.1, 0.15) is 85.0 Å². The number of alkyl halides is 3. The SMILES string of the molecule is CC(=O)c1nn2c3c(cc(-c4cnc(C)nc4)cc13)CCCCCCC(=O)OC[C@@]13C[C@@H](C(=O)Nc4nc(C(F)(F)F)ccc4C)N(C(=O)C2)[C@@H]1C3. The average molecular weight is 718 g/mol. The molecule has 1 aromatic carbocycles. The van der Waals surface area contributed by atoms with Crippen LogP contribution in [0.25, 0.3) is 22.0 Å². The minimum absolute atomic E-state index is 0.0136. The summed E-state index contributed by atoms with van der Waals surface area (Å²) in [5, 5.41) is 7.76. The maximum absolute atomic E-state index is 14.4. The molecule has 5 heterocycles. The number of hydrogen-bond acceptors (Lipinski definition) is 9. The zero-order valence-corrected chi connectivity index (χ0v) is 29.0. The van der Waals surface area contributed by atoms with Crippen LogP contribution >= 0.6 is 0 Å². The molecule has 0 spiro atoms. The largest absolute Gasteiger partial charge is 0.465 e. The Balaban J connectivity index is 1.28. The first kappa shape index (κ1) is 35.2. The van der Waals surface area contributed by atoms with Gasteiger partial charge in [-0.25, -0.2) is 15.0 Å². The van der Waals surface area contributed by atoms with Crippen LogP contribution in [0.3, 0.4) is 0 Å². The molecule has 3 aliphatic rings. The van der Waals surface area contributed by atoms with Gasteiger partial charge in [0.1, 0.15) is 35.6 Å². The number of benzene rings is 1. The summed E-state index contributed by atoms with van der Waals surface area (Å²) in [6.45, 7) is 4.44. The van der Waals surface area contributed by atoms with E-state index >= 15 is 0 Å². The number of cyclic esters (lactones) is 1. The molecular weight excluding hydrogens is 679 g/mol. The number of carbonyl (C=O) groups is 4. The summed E-state index contributed by atoms with van der Waals surface area (Å²) in [6, 6.07) is 4.38. The second kappa shape index (κ2) is 13.4. The van der Waals surface area contributed by atoms with Gasteiger partial charge in [0.25, 0.3) is 0 Å². The highest BCUT2D eigenvalue weighted by molar-refractivity contribution is 6.07. The molecule has 1 aliphatic carbocycles. The van der Waals surface area contributed by atoms with Crippen LogP contribution in [0.15, 0.2) is 36.7 Å². The van der Waals surface area contributed by atoms with Crippen LogP contribution < -0.4 is 5.32 Å². The van der Waals surface area contributed by atoms with E-state index in [4.69, 9.17) is 4.74 Å². The van der Waals surface area contributed by atoms with Crippen LogP contribution in [0.5, 0.6) is 0 Å². The Labute approximate surface area is 297 Å². The molecule has 2 amide bonds. The number of aromatic nitrogens is 5. The van der Waals surface area contributed by atoms with Gasteiger partial charge in [-0.2, -0.15) is 18.3 Å². The number of hydrogen-bond donors (Lipinski definition) is 1. The maximum Gasteiger partial charge on any atom is 0.433 e. The van der Waals surface area contributed by atoms with E-state index in [2.05, 4.69) is 25.4 Å². The molecule has 1 saturated heterocycles. The molecular formula is C37H38F3N7O5. The highest BCUT2D eigenvalue weighted by atomic mass is 19.4. The molecule has 2 bridgehead atoms. The molecule has 4 aromatic rings. The standard InChI is InChI=1S/C37H38F3N7O5/c1-20-10-11-28(37(38,39)40)43-34(20)44-35(51)27-14-36-15-29(36)47(27)30(49)18-46-33-23(8-6-4-5-7-9-31(50)52-19-36)12-24(25-16-41-22(3)42-17-25)13-26(33)32(45-46)21(2)48/h10-13,16-17,27,29H,4-9,14-15,18-19H2,1-3H3,(H,43,44,51)/t27-,29+,36-/m0/s1. The Morgan fingerprint density at radius 1 is 0.981 bits per heavy atom. The first-order chi connectivity index (χ1) is 24.7. The van der Waals surface area contributed by atoms with Crippen molar-refractivity contribution in [2.45, 2.75) is 96.9 Å². The molecule has 272 valence electrons. The molecule has 15 heteroatoms. The van der Waals surface area contributed by atoms with E-state index in [1.807, 2.05) is 12.1 Å². The summed E-state index contributed by atoms with van der Waals surface area (Å²) in [7, 11) is 0. The van der Waals surface area contributed by atoms with Gasteiger partial charge in [-0.05, 0) is 80.8 Å². The molecule has 7 rings (SSSR count). The second-order valence-electron chi connectivity index (χ2n) is 14.1. The first-order valence-corrected chi connectivity index (χ1v) is 17.4. The summed E-state index contributed by atoms with van der Waals surface area (Å²) >= 11 is 0. The smallest absolute Gasteiger partial charge is 0.433 e. The van der Waals surface area contributed by atoms with Gasteiger partial charge in [0.2, 0.25) is 11.8 Å². The number of rotatable bonds is 4. The lowest BCUT2D eigenvalue weighted by Crippen LogP contribution is -2.47. The predicted octanol–water partition coefficient (Wildman–Crippen LogP) is 5.77. The molecule has 2 aliphatic heterocycles.